The summed E-state index contributed by atoms with van der Waals surface area (Å²) in [6, 6.07) is 12.7. The van der Waals surface area contributed by atoms with E-state index in [2.05, 4.69) is 58.0 Å². The molecule has 3 rings (SSSR count). The quantitative estimate of drug-likeness (QED) is 0.576. The molecule has 0 spiro atoms. The molecule has 1 heteroatoms. The molecule has 0 bridgehead atoms. The second-order valence-electron chi connectivity index (χ2n) is 8.10. The smallest absolute Gasteiger partial charge is 0.119 e. The maximum atomic E-state index is 5.18. The Balaban J connectivity index is 0.000000185. The Morgan fingerprint density at radius 1 is 0.917 bits per heavy atom. The highest BCUT2D eigenvalue weighted by Gasteiger charge is 2.25. The van der Waals surface area contributed by atoms with Gasteiger partial charge >= 0.3 is 0 Å². The Labute approximate surface area is 148 Å². The Hall–Kier alpha value is -1.50. The number of aryl methyl sites for hydroxylation is 1. The molecule has 1 saturated carbocycles. The van der Waals surface area contributed by atoms with E-state index in [1.54, 1.807) is 7.11 Å². The SMILES string of the molecule is CC(C)(C)C1CCCCC1.CCc1ccc2cc(OC)ccc2c1. The summed E-state index contributed by atoms with van der Waals surface area (Å²) in [4.78, 5) is 0. The van der Waals surface area contributed by atoms with Gasteiger partial charge in [-0.25, -0.2) is 0 Å². The minimum absolute atomic E-state index is 0.570. The normalized spacial score (nSPS) is 15.7. The summed E-state index contributed by atoms with van der Waals surface area (Å²) in [6.45, 7) is 9.31. The van der Waals surface area contributed by atoms with Gasteiger partial charge in [-0.1, -0.05) is 71.2 Å². The van der Waals surface area contributed by atoms with Crippen LogP contribution in [0, 0.1) is 11.3 Å². The number of fused-ring (bicyclic) bond motifs is 1. The summed E-state index contributed by atoms with van der Waals surface area (Å²) >= 11 is 0. The zero-order chi connectivity index (χ0) is 17.6. The van der Waals surface area contributed by atoms with Crippen molar-refractivity contribution in [3.05, 3.63) is 42.0 Å². The molecule has 0 aliphatic heterocycles. The van der Waals surface area contributed by atoms with Gasteiger partial charge in [0.05, 0.1) is 7.11 Å². The summed E-state index contributed by atoms with van der Waals surface area (Å²) in [6.07, 6.45) is 8.46. The predicted octanol–water partition coefficient (Wildman–Crippen LogP) is 7.02. The summed E-state index contributed by atoms with van der Waals surface area (Å²) in [5.74, 6) is 1.92. The number of benzene rings is 2. The first-order valence-electron chi connectivity index (χ1n) is 9.50. The van der Waals surface area contributed by atoms with Gasteiger partial charge in [0.2, 0.25) is 0 Å². The van der Waals surface area contributed by atoms with Crippen molar-refractivity contribution in [1.82, 2.24) is 0 Å². The van der Waals surface area contributed by atoms with Gasteiger partial charge in [0.15, 0.2) is 0 Å². The van der Waals surface area contributed by atoms with E-state index < -0.39 is 0 Å². The molecule has 24 heavy (non-hydrogen) atoms. The Kier molecular flexibility index (Phi) is 6.71. The highest BCUT2D eigenvalue weighted by Crippen LogP contribution is 2.37. The molecule has 0 saturated heterocycles. The third-order valence-corrected chi connectivity index (χ3v) is 5.35. The Morgan fingerprint density at radius 3 is 2.08 bits per heavy atom. The van der Waals surface area contributed by atoms with Crippen LogP contribution < -0.4 is 4.74 Å². The molecular weight excluding hydrogens is 292 g/mol. The van der Waals surface area contributed by atoms with Crippen molar-refractivity contribution >= 4 is 10.8 Å². The van der Waals surface area contributed by atoms with E-state index in [9.17, 15) is 0 Å². The largest absolute Gasteiger partial charge is 0.497 e. The van der Waals surface area contributed by atoms with E-state index in [0.717, 1.165) is 18.1 Å². The predicted molar refractivity (Wildman–Crippen MR) is 106 cm³/mol. The van der Waals surface area contributed by atoms with Gasteiger partial charge in [0.25, 0.3) is 0 Å². The topological polar surface area (TPSA) is 9.23 Å². The van der Waals surface area contributed by atoms with E-state index in [1.165, 1.54) is 48.4 Å². The summed E-state index contributed by atoms with van der Waals surface area (Å²) < 4.78 is 5.18. The van der Waals surface area contributed by atoms with Crippen LogP contribution in [0.5, 0.6) is 5.75 Å². The van der Waals surface area contributed by atoms with Crippen molar-refractivity contribution in [3.8, 4) is 5.75 Å². The molecule has 1 aliphatic rings. The summed E-state index contributed by atoms with van der Waals surface area (Å²) in [5, 5.41) is 2.52. The van der Waals surface area contributed by atoms with E-state index in [4.69, 9.17) is 4.74 Å². The van der Waals surface area contributed by atoms with Crippen LogP contribution in [-0.4, -0.2) is 7.11 Å². The first kappa shape index (κ1) is 18.8. The third-order valence-electron chi connectivity index (χ3n) is 5.35. The minimum atomic E-state index is 0.570. The molecule has 2 aromatic rings. The molecule has 1 fully saturated rings. The number of hydrogen-bond acceptors (Lipinski definition) is 1. The molecule has 0 atom stereocenters. The van der Waals surface area contributed by atoms with Crippen LogP contribution in [0.1, 0.15) is 65.4 Å². The van der Waals surface area contributed by atoms with Gasteiger partial charge in [0.1, 0.15) is 5.75 Å². The average molecular weight is 327 g/mol. The summed E-state index contributed by atoms with van der Waals surface area (Å²) in [7, 11) is 1.70. The highest BCUT2D eigenvalue weighted by molar-refractivity contribution is 5.84. The van der Waals surface area contributed by atoms with Crippen LogP contribution in [0.25, 0.3) is 10.8 Å². The van der Waals surface area contributed by atoms with Gasteiger partial charge in [-0.2, -0.15) is 0 Å². The van der Waals surface area contributed by atoms with E-state index in [0.29, 0.717) is 5.41 Å². The van der Waals surface area contributed by atoms with Crippen LogP contribution in [0.2, 0.25) is 0 Å². The number of ether oxygens (including phenoxy) is 1. The molecule has 1 aliphatic carbocycles. The van der Waals surface area contributed by atoms with Gasteiger partial charge in [-0.15, -0.1) is 0 Å². The van der Waals surface area contributed by atoms with Crippen molar-refractivity contribution in [3.63, 3.8) is 0 Å². The maximum absolute atomic E-state index is 5.18. The lowest BCUT2D eigenvalue weighted by atomic mass is 9.72. The molecule has 2 aromatic carbocycles. The van der Waals surface area contributed by atoms with Gasteiger partial charge < -0.3 is 4.74 Å². The van der Waals surface area contributed by atoms with Gasteiger partial charge in [-0.05, 0) is 59.1 Å². The van der Waals surface area contributed by atoms with E-state index >= 15 is 0 Å². The highest BCUT2D eigenvalue weighted by atomic mass is 16.5. The van der Waals surface area contributed by atoms with Crippen LogP contribution >= 0.6 is 0 Å². The molecule has 0 unspecified atom stereocenters. The van der Waals surface area contributed by atoms with Crippen molar-refractivity contribution in [2.75, 3.05) is 7.11 Å². The molecule has 0 N–H and O–H groups in total. The molecule has 0 heterocycles. The minimum Gasteiger partial charge on any atom is -0.497 e. The fourth-order valence-corrected chi connectivity index (χ4v) is 3.59. The standard InChI is InChI=1S/C13H14O.C10H20/c1-3-10-4-5-12-9-13(14-2)7-6-11(12)8-10;1-10(2,3)9-7-5-4-6-8-9/h4-9H,3H2,1-2H3;9H,4-8H2,1-3H3. The molecule has 132 valence electrons. The number of hydrogen-bond donors (Lipinski definition) is 0. The van der Waals surface area contributed by atoms with E-state index in [1.807, 2.05) is 6.07 Å². The number of rotatable bonds is 2. The van der Waals surface area contributed by atoms with Crippen molar-refractivity contribution in [2.24, 2.45) is 11.3 Å². The first-order chi connectivity index (χ1) is 11.4. The summed E-state index contributed by atoms with van der Waals surface area (Å²) in [5.41, 5.74) is 1.95. The molecular formula is C23H34O. The first-order valence-corrected chi connectivity index (χ1v) is 9.50. The fraction of sp³-hybridized carbons (Fsp3) is 0.565. The van der Waals surface area contributed by atoms with Crippen LogP contribution in [0.3, 0.4) is 0 Å². The molecule has 0 amide bonds. The average Bonchev–Trinajstić information content (AvgIpc) is 2.61. The van der Waals surface area contributed by atoms with Crippen molar-refractivity contribution < 1.29 is 4.74 Å². The van der Waals surface area contributed by atoms with Crippen LogP contribution in [-0.2, 0) is 6.42 Å². The Morgan fingerprint density at radius 2 is 1.54 bits per heavy atom. The fourth-order valence-electron chi connectivity index (χ4n) is 3.59. The maximum Gasteiger partial charge on any atom is 0.119 e. The second kappa shape index (κ2) is 8.55. The lowest BCUT2D eigenvalue weighted by Gasteiger charge is -2.33. The molecule has 1 nitrogen and oxygen atoms in total. The number of methoxy groups -OCH3 is 1. The molecule has 0 radical (unpaired) electrons. The monoisotopic (exact) mass is 326 g/mol. The van der Waals surface area contributed by atoms with E-state index in [-0.39, 0.29) is 0 Å². The second-order valence-corrected chi connectivity index (χ2v) is 8.10. The third kappa shape index (κ3) is 5.26. The van der Waals surface area contributed by atoms with Gasteiger partial charge in [-0.3, -0.25) is 0 Å². The molecule has 0 aromatic heterocycles. The zero-order valence-corrected chi connectivity index (χ0v) is 16.2. The van der Waals surface area contributed by atoms with Crippen LogP contribution in [0.4, 0.5) is 0 Å². The van der Waals surface area contributed by atoms with Gasteiger partial charge in [0, 0.05) is 0 Å². The van der Waals surface area contributed by atoms with Crippen molar-refractivity contribution in [2.45, 2.75) is 66.2 Å². The van der Waals surface area contributed by atoms with Crippen molar-refractivity contribution in [1.29, 1.82) is 0 Å². The zero-order valence-electron chi connectivity index (χ0n) is 16.2. The Bertz CT molecular complexity index is 587. The van der Waals surface area contributed by atoms with Crippen LogP contribution in [0.15, 0.2) is 36.4 Å². The lowest BCUT2D eigenvalue weighted by molar-refractivity contribution is 0.180. The lowest BCUT2D eigenvalue weighted by Crippen LogP contribution is -2.22.